The largest absolute Gasteiger partial charge is 0.216 e. The van der Waals surface area contributed by atoms with Crippen LogP contribution in [0.1, 0.15) is 26.3 Å². The maximum atomic E-state index is 11.8. The van der Waals surface area contributed by atoms with Crippen LogP contribution < -0.4 is 4.72 Å². The molecule has 0 atom stereocenters. The van der Waals surface area contributed by atoms with Gasteiger partial charge < -0.3 is 0 Å². The summed E-state index contributed by atoms with van der Waals surface area (Å²) in [4.78, 5) is 0. The van der Waals surface area contributed by atoms with Crippen molar-refractivity contribution in [2.45, 2.75) is 32.1 Å². The zero-order chi connectivity index (χ0) is 12.4. The molecule has 90 valence electrons. The molecule has 0 fully saturated rings. The summed E-state index contributed by atoms with van der Waals surface area (Å²) >= 11 is 3.34. The van der Waals surface area contributed by atoms with Crippen molar-refractivity contribution in [3.63, 3.8) is 0 Å². The highest BCUT2D eigenvalue weighted by Crippen LogP contribution is 2.15. The van der Waals surface area contributed by atoms with E-state index in [2.05, 4.69) is 20.7 Å². The summed E-state index contributed by atoms with van der Waals surface area (Å²) in [5, 5.41) is 0. The zero-order valence-corrected chi connectivity index (χ0v) is 12.0. The molecular weight excluding hydrogens is 290 g/mol. The van der Waals surface area contributed by atoms with E-state index in [1.165, 1.54) is 0 Å². The molecular formula is C11H16BrNO2S. The minimum absolute atomic E-state index is 0.318. The molecule has 0 saturated carbocycles. The Labute approximate surface area is 105 Å². The standard InChI is InChI=1S/C11H16BrNO2S/c1-11(2,3)16(14,15)13-8-9-5-4-6-10(12)7-9/h4-7,13H,8H2,1-3H3. The van der Waals surface area contributed by atoms with Gasteiger partial charge in [-0.3, -0.25) is 0 Å². The van der Waals surface area contributed by atoms with E-state index < -0.39 is 14.8 Å². The lowest BCUT2D eigenvalue weighted by atomic mass is 10.2. The highest BCUT2D eigenvalue weighted by atomic mass is 79.9. The maximum absolute atomic E-state index is 11.8. The molecule has 0 saturated heterocycles. The lowest BCUT2D eigenvalue weighted by Gasteiger charge is -2.19. The molecule has 1 aromatic rings. The van der Waals surface area contributed by atoms with E-state index in [-0.39, 0.29) is 0 Å². The average Bonchev–Trinajstić information content (AvgIpc) is 2.13. The number of benzene rings is 1. The first-order chi connectivity index (χ1) is 7.22. The number of nitrogens with one attached hydrogen (secondary N) is 1. The smallest absolute Gasteiger partial charge is 0.212 e. The molecule has 0 aliphatic heterocycles. The van der Waals surface area contributed by atoms with Gasteiger partial charge in [0.1, 0.15) is 0 Å². The molecule has 0 amide bonds. The van der Waals surface area contributed by atoms with Gasteiger partial charge in [0, 0.05) is 11.0 Å². The van der Waals surface area contributed by atoms with Gasteiger partial charge in [0.05, 0.1) is 4.75 Å². The lowest BCUT2D eigenvalue weighted by molar-refractivity contribution is 0.544. The molecule has 1 rings (SSSR count). The van der Waals surface area contributed by atoms with Crippen LogP contribution in [0.3, 0.4) is 0 Å². The molecule has 0 radical (unpaired) electrons. The average molecular weight is 306 g/mol. The maximum Gasteiger partial charge on any atom is 0.216 e. The highest BCUT2D eigenvalue weighted by molar-refractivity contribution is 9.10. The lowest BCUT2D eigenvalue weighted by Crippen LogP contribution is -2.38. The van der Waals surface area contributed by atoms with Crippen LogP contribution in [0.2, 0.25) is 0 Å². The van der Waals surface area contributed by atoms with Gasteiger partial charge in [-0.05, 0) is 38.5 Å². The van der Waals surface area contributed by atoms with Crippen molar-refractivity contribution < 1.29 is 8.42 Å². The molecule has 0 unspecified atom stereocenters. The van der Waals surface area contributed by atoms with Crippen molar-refractivity contribution in [3.05, 3.63) is 34.3 Å². The molecule has 0 aliphatic carbocycles. The van der Waals surface area contributed by atoms with Crippen LogP contribution in [-0.2, 0) is 16.6 Å². The van der Waals surface area contributed by atoms with Gasteiger partial charge in [-0.15, -0.1) is 0 Å². The Morgan fingerprint density at radius 1 is 1.31 bits per heavy atom. The van der Waals surface area contributed by atoms with Gasteiger partial charge in [0.2, 0.25) is 10.0 Å². The second kappa shape index (κ2) is 4.85. The molecule has 16 heavy (non-hydrogen) atoms. The summed E-state index contributed by atoms with van der Waals surface area (Å²) in [5.41, 5.74) is 0.933. The third-order valence-corrected chi connectivity index (χ3v) is 4.79. The molecule has 3 nitrogen and oxygen atoms in total. The van der Waals surface area contributed by atoms with Gasteiger partial charge in [-0.2, -0.15) is 0 Å². The van der Waals surface area contributed by atoms with E-state index in [1.54, 1.807) is 20.8 Å². The highest BCUT2D eigenvalue weighted by Gasteiger charge is 2.28. The first-order valence-electron chi connectivity index (χ1n) is 4.96. The second-order valence-corrected chi connectivity index (χ2v) is 8.00. The van der Waals surface area contributed by atoms with Gasteiger partial charge in [0.25, 0.3) is 0 Å². The number of halogens is 1. The summed E-state index contributed by atoms with van der Waals surface area (Å²) in [7, 11) is -3.27. The van der Waals surface area contributed by atoms with Crippen molar-refractivity contribution >= 4 is 26.0 Å². The Morgan fingerprint density at radius 2 is 1.94 bits per heavy atom. The monoisotopic (exact) mass is 305 g/mol. The Hall–Kier alpha value is -0.390. The van der Waals surface area contributed by atoms with Crippen molar-refractivity contribution in [2.75, 3.05) is 0 Å². The molecule has 0 aromatic heterocycles. The van der Waals surface area contributed by atoms with Crippen LogP contribution in [0.5, 0.6) is 0 Å². The third-order valence-electron chi connectivity index (χ3n) is 2.16. The van der Waals surface area contributed by atoms with Crippen molar-refractivity contribution in [3.8, 4) is 0 Å². The van der Waals surface area contributed by atoms with Crippen LogP contribution >= 0.6 is 15.9 Å². The fraction of sp³-hybridized carbons (Fsp3) is 0.455. The van der Waals surface area contributed by atoms with E-state index in [4.69, 9.17) is 0 Å². The van der Waals surface area contributed by atoms with Crippen molar-refractivity contribution in [1.82, 2.24) is 4.72 Å². The number of hydrogen-bond acceptors (Lipinski definition) is 2. The zero-order valence-electron chi connectivity index (χ0n) is 9.62. The summed E-state index contributed by atoms with van der Waals surface area (Å²) in [6, 6.07) is 7.56. The third kappa shape index (κ3) is 3.57. The summed E-state index contributed by atoms with van der Waals surface area (Å²) < 4.78 is 26.3. The Bertz CT molecular complexity index is 463. The van der Waals surface area contributed by atoms with E-state index in [1.807, 2.05) is 24.3 Å². The first-order valence-corrected chi connectivity index (χ1v) is 7.24. The molecule has 1 aromatic carbocycles. The number of hydrogen-bond donors (Lipinski definition) is 1. The molecule has 0 spiro atoms. The first kappa shape index (κ1) is 13.7. The van der Waals surface area contributed by atoms with Gasteiger partial charge in [0.15, 0.2) is 0 Å². The van der Waals surface area contributed by atoms with Gasteiger partial charge >= 0.3 is 0 Å². The predicted molar refractivity (Wildman–Crippen MR) is 69.7 cm³/mol. The molecule has 1 N–H and O–H groups in total. The molecule has 5 heteroatoms. The van der Waals surface area contributed by atoms with Crippen molar-refractivity contribution in [2.24, 2.45) is 0 Å². The van der Waals surface area contributed by atoms with Crippen molar-refractivity contribution in [1.29, 1.82) is 0 Å². The van der Waals surface area contributed by atoms with E-state index in [0.717, 1.165) is 10.0 Å². The minimum atomic E-state index is -3.27. The van der Waals surface area contributed by atoms with Crippen LogP contribution in [0.4, 0.5) is 0 Å². The minimum Gasteiger partial charge on any atom is -0.212 e. The van der Waals surface area contributed by atoms with Crippen LogP contribution in [0.15, 0.2) is 28.7 Å². The predicted octanol–water partition coefficient (Wildman–Crippen LogP) is 2.67. The van der Waals surface area contributed by atoms with Gasteiger partial charge in [-0.1, -0.05) is 28.1 Å². The van der Waals surface area contributed by atoms with E-state index >= 15 is 0 Å². The Balaban J connectivity index is 2.73. The second-order valence-electron chi connectivity index (χ2n) is 4.57. The Kier molecular flexibility index (Phi) is 4.15. The SMILES string of the molecule is CC(C)(C)S(=O)(=O)NCc1cccc(Br)c1. The summed E-state index contributed by atoms with van der Waals surface area (Å²) in [6.45, 7) is 5.35. The normalized spacial score (nSPS) is 12.8. The van der Waals surface area contributed by atoms with E-state index in [9.17, 15) is 8.42 Å². The summed E-state index contributed by atoms with van der Waals surface area (Å²) in [6.07, 6.45) is 0. The molecule has 0 bridgehead atoms. The van der Waals surface area contributed by atoms with Crippen LogP contribution in [0, 0.1) is 0 Å². The molecule has 0 heterocycles. The van der Waals surface area contributed by atoms with Crippen LogP contribution in [0.25, 0.3) is 0 Å². The number of rotatable bonds is 3. The quantitative estimate of drug-likeness (QED) is 0.933. The Morgan fingerprint density at radius 3 is 2.44 bits per heavy atom. The van der Waals surface area contributed by atoms with Gasteiger partial charge in [-0.25, -0.2) is 13.1 Å². The van der Waals surface area contributed by atoms with Crippen LogP contribution in [-0.4, -0.2) is 13.2 Å². The number of sulfonamides is 1. The summed E-state index contributed by atoms with van der Waals surface area (Å²) in [5.74, 6) is 0. The topological polar surface area (TPSA) is 46.2 Å². The fourth-order valence-electron chi connectivity index (χ4n) is 1.04. The fourth-order valence-corrected chi connectivity index (χ4v) is 2.28. The van der Waals surface area contributed by atoms with E-state index in [0.29, 0.717) is 6.54 Å². The molecule has 0 aliphatic rings.